The molecule has 0 saturated carbocycles. The molecule has 0 bridgehead atoms. The zero-order chi connectivity index (χ0) is 20.4. The molecule has 1 aliphatic heterocycles. The summed E-state index contributed by atoms with van der Waals surface area (Å²) < 4.78 is 13.2. The van der Waals surface area contributed by atoms with Crippen molar-refractivity contribution in [2.45, 2.75) is 12.8 Å². The van der Waals surface area contributed by atoms with Crippen LogP contribution in [0, 0.1) is 5.82 Å². The second-order valence-electron chi connectivity index (χ2n) is 6.87. The van der Waals surface area contributed by atoms with Crippen LogP contribution in [0.4, 0.5) is 15.8 Å². The number of rotatable bonds is 3. The van der Waals surface area contributed by atoms with E-state index in [1.54, 1.807) is 41.3 Å². The fraction of sp³-hybridized carbons (Fsp3) is 0.130. The molecule has 146 valence electrons. The minimum Gasteiger partial charge on any atom is -0.322 e. The van der Waals surface area contributed by atoms with Crippen molar-refractivity contribution < 1.29 is 14.0 Å². The summed E-state index contributed by atoms with van der Waals surface area (Å²) >= 11 is 5.87. The van der Waals surface area contributed by atoms with Gasteiger partial charge >= 0.3 is 0 Å². The predicted molar refractivity (Wildman–Crippen MR) is 112 cm³/mol. The monoisotopic (exact) mass is 408 g/mol. The number of amides is 2. The maximum absolute atomic E-state index is 13.2. The summed E-state index contributed by atoms with van der Waals surface area (Å²) in [6.07, 6.45) is 1.58. The van der Waals surface area contributed by atoms with Crippen LogP contribution >= 0.6 is 11.6 Å². The minimum absolute atomic E-state index is 0.177. The average molecular weight is 409 g/mol. The molecule has 6 heteroatoms. The van der Waals surface area contributed by atoms with Crippen molar-refractivity contribution in [1.29, 1.82) is 0 Å². The Labute approximate surface area is 172 Å². The van der Waals surface area contributed by atoms with Crippen molar-refractivity contribution in [3.05, 3.63) is 94.3 Å². The number of nitrogens with one attached hydrogen (secondary N) is 1. The van der Waals surface area contributed by atoms with E-state index in [9.17, 15) is 14.0 Å². The summed E-state index contributed by atoms with van der Waals surface area (Å²) in [6, 6.07) is 17.8. The molecule has 2 amide bonds. The molecular weight excluding hydrogens is 391 g/mol. The van der Waals surface area contributed by atoms with Gasteiger partial charge < -0.3 is 10.2 Å². The van der Waals surface area contributed by atoms with E-state index in [0.29, 0.717) is 28.4 Å². The summed E-state index contributed by atoms with van der Waals surface area (Å²) in [5.41, 5.74) is 3.34. The normalized spacial score (nSPS) is 13.0. The van der Waals surface area contributed by atoms with Crippen LogP contribution in [-0.4, -0.2) is 18.4 Å². The second-order valence-corrected chi connectivity index (χ2v) is 7.31. The van der Waals surface area contributed by atoms with E-state index in [1.165, 1.54) is 24.3 Å². The summed E-state index contributed by atoms with van der Waals surface area (Å²) in [4.78, 5) is 27.2. The molecule has 0 atom stereocenters. The minimum atomic E-state index is -0.378. The molecule has 0 spiro atoms. The van der Waals surface area contributed by atoms with Gasteiger partial charge in [0.1, 0.15) is 5.82 Å². The van der Waals surface area contributed by atoms with Crippen LogP contribution in [0.15, 0.2) is 66.7 Å². The van der Waals surface area contributed by atoms with Crippen LogP contribution in [0.2, 0.25) is 5.02 Å². The van der Waals surface area contributed by atoms with Crippen molar-refractivity contribution in [3.8, 4) is 0 Å². The number of halogens is 2. The lowest BCUT2D eigenvalue weighted by molar-refractivity contribution is 0.0984. The van der Waals surface area contributed by atoms with Gasteiger partial charge in [-0.1, -0.05) is 11.6 Å². The summed E-state index contributed by atoms with van der Waals surface area (Å²) in [6.45, 7) is 0.583. The van der Waals surface area contributed by atoms with Gasteiger partial charge in [0.05, 0.1) is 0 Å². The van der Waals surface area contributed by atoms with Gasteiger partial charge in [0.25, 0.3) is 11.8 Å². The lowest BCUT2D eigenvalue weighted by Crippen LogP contribution is -2.35. The molecule has 1 N–H and O–H groups in total. The highest BCUT2D eigenvalue weighted by Gasteiger charge is 2.24. The predicted octanol–water partition coefficient (Wildman–Crippen LogP) is 5.32. The Morgan fingerprint density at radius 3 is 2.34 bits per heavy atom. The first-order valence-electron chi connectivity index (χ1n) is 9.28. The topological polar surface area (TPSA) is 49.4 Å². The Hall–Kier alpha value is -3.18. The fourth-order valence-corrected chi connectivity index (χ4v) is 3.56. The first kappa shape index (κ1) is 19.2. The van der Waals surface area contributed by atoms with Crippen molar-refractivity contribution in [3.63, 3.8) is 0 Å². The van der Waals surface area contributed by atoms with Crippen LogP contribution < -0.4 is 10.2 Å². The Morgan fingerprint density at radius 2 is 1.62 bits per heavy atom. The van der Waals surface area contributed by atoms with Crippen LogP contribution in [-0.2, 0) is 6.42 Å². The van der Waals surface area contributed by atoms with E-state index in [1.807, 2.05) is 6.07 Å². The van der Waals surface area contributed by atoms with Crippen molar-refractivity contribution in [1.82, 2.24) is 0 Å². The molecular formula is C23H18ClFN2O2. The van der Waals surface area contributed by atoms with E-state index in [2.05, 4.69) is 5.32 Å². The Bertz CT molecular complexity index is 1070. The van der Waals surface area contributed by atoms with Crippen LogP contribution in [0.1, 0.15) is 32.7 Å². The number of hydrogen-bond acceptors (Lipinski definition) is 2. The summed E-state index contributed by atoms with van der Waals surface area (Å²) in [7, 11) is 0. The Morgan fingerprint density at radius 1 is 0.931 bits per heavy atom. The number of benzene rings is 3. The highest BCUT2D eigenvalue weighted by atomic mass is 35.5. The number of carbonyl (C=O) groups excluding carboxylic acids is 2. The van der Waals surface area contributed by atoms with Gasteiger partial charge in [-0.15, -0.1) is 0 Å². The maximum atomic E-state index is 13.2. The molecule has 4 rings (SSSR count). The number of nitrogens with zero attached hydrogens (tertiary/aromatic N) is 1. The molecule has 29 heavy (non-hydrogen) atoms. The van der Waals surface area contributed by atoms with E-state index in [0.717, 1.165) is 24.1 Å². The number of aryl methyl sites for hydroxylation is 1. The smallest absolute Gasteiger partial charge is 0.258 e. The summed E-state index contributed by atoms with van der Waals surface area (Å²) in [5.74, 6) is -0.779. The lowest BCUT2D eigenvalue weighted by atomic mass is 9.98. The Kier molecular flexibility index (Phi) is 5.32. The molecule has 0 aliphatic carbocycles. The van der Waals surface area contributed by atoms with Crippen LogP contribution in [0.3, 0.4) is 0 Å². The molecule has 0 fully saturated rings. The van der Waals surface area contributed by atoms with Gasteiger partial charge in [-0.2, -0.15) is 0 Å². The second kappa shape index (κ2) is 8.05. The third kappa shape index (κ3) is 4.15. The van der Waals surface area contributed by atoms with Crippen molar-refractivity contribution >= 4 is 34.8 Å². The highest BCUT2D eigenvalue weighted by molar-refractivity contribution is 6.30. The zero-order valence-corrected chi connectivity index (χ0v) is 16.2. The molecule has 4 nitrogen and oxygen atoms in total. The number of hydrogen-bond donors (Lipinski definition) is 1. The van der Waals surface area contributed by atoms with Crippen LogP contribution in [0.25, 0.3) is 0 Å². The molecule has 3 aromatic rings. The molecule has 0 unspecified atom stereocenters. The standard InChI is InChI=1S/C23H18ClFN2O2/c24-18-6-10-20(11-7-18)26-22(28)17-5-12-21-16(14-17)2-1-13-27(21)23(29)15-3-8-19(25)9-4-15/h3-12,14H,1-2,13H2,(H,26,28). The number of anilines is 2. The fourth-order valence-electron chi connectivity index (χ4n) is 3.43. The van der Waals surface area contributed by atoms with Gasteiger partial charge in [-0.25, -0.2) is 4.39 Å². The SMILES string of the molecule is O=C(Nc1ccc(Cl)cc1)c1ccc2c(c1)CCCN2C(=O)c1ccc(F)cc1. The van der Waals surface area contributed by atoms with Gasteiger partial charge in [-0.3, -0.25) is 9.59 Å². The first-order chi connectivity index (χ1) is 14.0. The lowest BCUT2D eigenvalue weighted by Gasteiger charge is -2.30. The third-order valence-corrected chi connectivity index (χ3v) is 5.15. The van der Waals surface area contributed by atoms with Crippen molar-refractivity contribution in [2.24, 2.45) is 0 Å². The molecule has 1 aliphatic rings. The van der Waals surface area contributed by atoms with Crippen LogP contribution in [0.5, 0.6) is 0 Å². The molecule has 1 heterocycles. The van der Waals surface area contributed by atoms with E-state index in [-0.39, 0.29) is 17.6 Å². The maximum Gasteiger partial charge on any atom is 0.258 e. The number of fused-ring (bicyclic) bond motifs is 1. The summed E-state index contributed by atoms with van der Waals surface area (Å²) in [5, 5.41) is 3.44. The molecule has 0 aromatic heterocycles. The van der Waals surface area contributed by atoms with Crippen molar-refractivity contribution in [2.75, 3.05) is 16.8 Å². The van der Waals surface area contributed by atoms with E-state index >= 15 is 0 Å². The largest absolute Gasteiger partial charge is 0.322 e. The Balaban J connectivity index is 1.56. The first-order valence-corrected chi connectivity index (χ1v) is 9.66. The quantitative estimate of drug-likeness (QED) is 0.637. The van der Waals surface area contributed by atoms with Gasteiger partial charge in [0.2, 0.25) is 0 Å². The number of carbonyl (C=O) groups is 2. The van der Waals surface area contributed by atoms with Gasteiger partial charge in [-0.05, 0) is 85.1 Å². The van der Waals surface area contributed by atoms with E-state index < -0.39 is 0 Å². The van der Waals surface area contributed by atoms with Gasteiger partial charge in [0.15, 0.2) is 0 Å². The molecule has 0 saturated heterocycles. The zero-order valence-electron chi connectivity index (χ0n) is 15.5. The third-order valence-electron chi connectivity index (χ3n) is 4.90. The highest BCUT2D eigenvalue weighted by Crippen LogP contribution is 2.30. The molecule has 3 aromatic carbocycles. The van der Waals surface area contributed by atoms with E-state index in [4.69, 9.17) is 11.6 Å². The molecule has 0 radical (unpaired) electrons. The van der Waals surface area contributed by atoms with Gasteiger partial charge in [0, 0.05) is 34.1 Å². The average Bonchev–Trinajstić information content (AvgIpc) is 2.74.